The maximum Gasteiger partial charge on any atom is 0.327 e. The lowest BCUT2D eigenvalue weighted by Crippen LogP contribution is -2.46. The Morgan fingerprint density at radius 2 is 0.523 bits per heavy atom. The minimum atomic E-state index is -1.42. The molecule has 1 heterocycles. The number of carboxylic acids is 1. The van der Waals surface area contributed by atoms with Gasteiger partial charge in [-0.2, -0.15) is 0 Å². The van der Waals surface area contributed by atoms with E-state index in [1.54, 1.807) is 32.4 Å². The molecule has 1 aromatic carbocycles. The molecule has 0 aliphatic carbocycles. The van der Waals surface area contributed by atoms with Crippen LogP contribution in [-0.2, 0) is 125 Å². The van der Waals surface area contributed by atoms with Gasteiger partial charge in [-0.1, -0.05) is 6.07 Å². The number of carboxylic acid groups (broad SMARTS) is 1. The molecule has 1 aromatic rings. The normalized spacial score (nSPS) is 12.8. The van der Waals surface area contributed by atoms with Crippen LogP contribution in [0.25, 0.3) is 0 Å². The Morgan fingerprint density at radius 3 is 0.739 bits per heavy atom. The second-order valence-corrected chi connectivity index (χ2v) is 18.1. The van der Waals surface area contributed by atoms with Crippen molar-refractivity contribution >= 4 is 17.8 Å². The third-order valence-electron chi connectivity index (χ3n) is 11.4. The average molecular weight is 1270 g/mol. The molecule has 2 amide bonds. The van der Waals surface area contributed by atoms with Crippen LogP contribution in [0.5, 0.6) is 11.5 Å². The molecule has 0 radical (unpaired) electrons. The molecule has 29 nitrogen and oxygen atoms in total. The number of aliphatic carboxylic acids is 1. The third-order valence-corrected chi connectivity index (χ3v) is 11.4. The Balaban J connectivity index is 1.44. The molecule has 512 valence electrons. The van der Waals surface area contributed by atoms with Crippen LogP contribution in [0.4, 0.5) is 0 Å². The Hall–Kier alpha value is -3.71. The molecular formula is C59H103NO28. The highest BCUT2D eigenvalue weighted by Gasteiger charge is 2.36. The van der Waals surface area contributed by atoms with Crippen LogP contribution in [0.15, 0.2) is 30.4 Å². The fourth-order valence-electron chi connectivity index (χ4n) is 7.01. The van der Waals surface area contributed by atoms with Crippen molar-refractivity contribution in [1.29, 1.82) is 0 Å². The summed E-state index contributed by atoms with van der Waals surface area (Å²) in [5.74, 6) is -2.01. The molecule has 0 saturated heterocycles. The molecule has 0 saturated carbocycles. The Kier molecular flexibility index (Phi) is 57.9. The van der Waals surface area contributed by atoms with Gasteiger partial charge in [-0.05, 0) is 17.7 Å². The molecule has 1 unspecified atom stereocenters. The van der Waals surface area contributed by atoms with Crippen LogP contribution in [0.2, 0.25) is 0 Å². The Labute approximate surface area is 519 Å². The van der Waals surface area contributed by atoms with E-state index in [1.165, 1.54) is 0 Å². The number of amides is 2. The number of carbonyl (C=O) groups excluding carboxylic acids is 2. The predicted octanol–water partition coefficient (Wildman–Crippen LogP) is 0.990. The fourth-order valence-corrected chi connectivity index (χ4v) is 7.01. The lowest BCUT2D eigenvalue weighted by Gasteiger charge is -2.23. The molecular weight excluding hydrogens is 1170 g/mol. The lowest BCUT2D eigenvalue weighted by molar-refractivity contribution is -0.153. The zero-order valence-corrected chi connectivity index (χ0v) is 52.2. The first-order valence-corrected chi connectivity index (χ1v) is 30.2. The number of methoxy groups -OCH3 is 2. The summed E-state index contributed by atoms with van der Waals surface area (Å²) < 4.78 is 132. The number of nitrogens with zero attached hydrogens (tertiary/aromatic N) is 1. The minimum absolute atomic E-state index is 0.134. The van der Waals surface area contributed by atoms with E-state index in [2.05, 4.69) is 0 Å². The summed E-state index contributed by atoms with van der Waals surface area (Å²) in [6, 6.07) is 3.49. The topological polar surface area (TPSA) is 296 Å². The molecule has 1 aliphatic rings. The van der Waals surface area contributed by atoms with E-state index in [-0.39, 0.29) is 32.8 Å². The monoisotopic (exact) mass is 1270 g/mol. The van der Waals surface area contributed by atoms with E-state index in [1.807, 2.05) is 0 Å². The first-order chi connectivity index (χ1) is 43.5. The highest BCUT2D eigenvalue weighted by Crippen LogP contribution is 2.30. The van der Waals surface area contributed by atoms with Gasteiger partial charge in [0, 0.05) is 32.8 Å². The number of hydrogen-bond acceptors (Lipinski definition) is 27. The number of carbonyl (C=O) groups is 3. The van der Waals surface area contributed by atoms with E-state index in [4.69, 9.17) is 114 Å². The molecule has 1 N–H and O–H groups in total. The summed E-state index contributed by atoms with van der Waals surface area (Å²) in [6.45, 7) is 19.2. The van der Waals surface area contributed by atoms with Crippen LogP contribution < -0.4 is 9.47 Å². The maximum absolute atomic E-state index is 12.3. The first-order valence-electron chi connectivity index (χ1n) is 30.2. The van der Waals surface area contributed by atoms with Gasteiger partial charge in [0.05, 0.1) is 277 Å². The van der Waals surface area contributed by atoms with Crippen molar-refractivity contribution in [3.8, 4) is 11.5 Å². The van der Waals surface area contributed by atoms with Crippen LogP contribution in [0.3, 0.4) is 0 Å². The molecule has 88 heavy (non-hydrogen) atoms. The highest BCUT2D eigenvalue weighted by molar-refractivity contribution is 6.14. The number of ether oxygens (including phenoxy) is 24. The van der Waals surface area contributed by atoms with E-state index in [0.717, 1.165) is 17.1 Å². The zero-order valence-electron chi connectivity index (χ0n) is 52.2. The molecule has 29 heteroatoms. The van der Waals surface area contributed by atoms with Crippen molar-refractivity contribution < 1.29 is 133 Å². The largest absolute Gasteiger partial charge is 0.487 e. The number of benzene rings is 1. The van der Waals surface area contributed by atoms with Gasteiger partial charge in [0.2, 0.25) is 0 Å². The van der Waals surface area contributed by atoms with Crippen molar-refractivity contribution in [1.82, 2.24) is 4.90 Å². The maximum atomic E-state index is 12.3. The summed E-state index contributed by atoms with van der Waals surface area (Å²) in [7, 11) is 3.27. The van der Waals surface area contributed by atoms with Crippen molar-refractivity contribution in [3.63, 3.8) is 0 Å². The van der Waals surface area contributed by atoms with E-state index in [0.29, 0.717) is 281 Å². The highest BCUT2D eigenvalue weighted by atomic mass is 16.6. The van der Waals surface area contributed by atoms with E-state index in [9.17, 15) is 19.5 Å². The van der Waals surface area contributed by atoms with Crippen LogP contribution in [0, 0.1) is 0 Å². The van der Waals surface area contributed by atoms with E-state index >= 15 is 0 Å². The van der Waals surface area contributed by atoms with Gasteiger partial charge in [-0.15, -0.1) is 0 Å². The second-order valence-electron chi connectivity index (χ2n) is 18.1. The standard InChI is InChI=1S/C59H103NO28/c1-65-7-9-67-11-13-69-15-17-71-19-21-73-23-25-75-27-29-77-31-33-79-35-37-81-39-41-83-43-45-85-47-49-87-55-4-3-53(51-54(59(63)64)60-57(61)5-6-58(60)62)52-56(55)88-50-48-86-46-44-84-42-40-82-38-36-80-34-32-78-30-28-76-26-24-74-22-20-72-18-16-70-14-12-68-10-8-66-2/h3-6,52,54H,7-51H2,1-2H3,(H,63,64). The van der Waals surface area contributed by atoms with Crippen LogP contribution in [0.1, 0.15) is 5.56 Å². The summed E-state index contributed by atoms with van der Waals surface area (Å²) in [5, 5.41) is 9.93. The van der Waals surface area contributed by atoms with Gasteiger partial charge in [0.1, 0.15) is 19.3 Å². The second kappa shape index (κ2) is 63.4. The molecule has 0 spiro atoms. The molecule has 1 aliphatic heterocycles. The van der Waals surface area contributed by atoms with Crippen molar-refractivity contribution in [2.45, 2.75) is 12.5 Å². The molecule has 1 atom stereocenters. The molecule has 0 fully saturated rings. The smallest absolute Gasteiger partial charge is 0.327 e. The molecule has 0 aromatic heterocycles. The van der Waals surface area contributed by atoms with Crippen molar-refractivity contribution in [3.05, 3.63) is 35.9 Å². The molecule has 2 rings (SSSR count). The Bertz CT molecular complexity index is 1740. The summed E-state index contributed by atoms with van der Waals surface area (Å²) in [4.78, 5) is 37.6. The van der Waals surface area contributed by atoms with Crippen molar-refractivity contribution in [2.24, 2.45) is 0 Å². The number of imide groups is 1. The summed E-state index contributed by atoms with van der Waals surface area (Å²) in [6.07, 6.45) is 1.95. The van der Waals surface area contributed by atoms with Crippen LogP contribution in [-0.4, -0.2) is 339 Å². The Morgan fingerprint density at radius 1 is 0.318 bits per heavy atom. The van der Waals surface area contributed by atoms with Gasteiger partial charge in [0.15, 0.2) is 11.5 Å². The predicted molar refractivity (Wildman–Crippen MR) is 314 cm³/mol. The van der Waals surface area contributed by atoms with Gasteiger partial charge < -0.3 is 119 Å². The molecule has 0 bridgehead atoms. The quantitative estimate of drug-likeness (QED) is 0.0702. The summed E-state index contributed by atoms with van der Waals surface area (Å²) in [5.41, 5.74) is 0.504. The van der Waals surface area contributed by atoms with Gasteiger partial charge in [-0.3, -0.25) is 14.5 Å². The van der Waals surface area contributed by atoms with E-state index < -0.39 is 23.8 Å². The van der Waals surface area contributed by atoms with Gasteiger partial charge >= 0.3 is 5.97 Å². The van der Waals surface area contributed by atoms with Gasteiger partial charge in [-0.25, -0.2) is 4.79 Å². The fraction of sp³-hybridized carbons (Fsp3) is 0.814. The van der Waals surface area contributed by atoms with Crippen molar-refractivity contribution in [2.75, 3.05) is 305 Å². The third kappa shape index (κ3) is 50.0. The van der Waals surface area contributed by atoms with Gasteiger partial charge in [0.25, 0.3) is 11.8 Å². The first kappa shape index (κ1) is 80.4. The zero-order chi connectivity index (χ0) is 62.9. The minimum Gasteiger partial charge on any atom is -0.487 e. The lowest BCUT2D eigenvalue weighted by atomic mass is 10.0. The SMILES string of the molecule is COCCOCCOCCOCCOCCOCCOCCOCCOCCOCCOCCOc1ccc(CC(C(=O)O)N2C(=O)C=CC2=O)cc1OCCOCCOCCOCCOCCOCCOCCOCCOCCOCCOCCOC. The number of rotatable bonds is 72. The number of hydrogen-bond donors (Lipinski definition) is 1. The summed E-state index contributed by atoms with van der Waals surface area (Å²) >= 11 is 0. The average Bonchev–Trinajstić information content (AvgIpc) is 2.30. The van der Waals surface area contributed by atoms with Crippen LogP contribution >= 0.6 is 0 Å².